The lowest BCUT2D eigenvalue weighted by Crippen LogP contribution is -2.43. The summed E-state index contributed by atoms with van der Waals surface area (Å²) in [6.45, 7) is 4.49. The molecule has 1 fully saturated rings. The Morgan fingerprint density at radius 2 is 1.71 bits per heavy atom. The summed E-state index contributed by atoms with van der Waals surface area (Å²) in [5.41, 5.74) is 3.24. The van der Waals surface area contributed by atoms with Crippen molar-refractivity contribution in [1.82, 2.24) is 4.90 Å². The summed E-state index contributed by atoms with van der Waals surface area (Å²) in [4.78, 5) is 16.7. The monoisotopic (exact) mass is 444 g/mol. The van der Waals surface area contributed by atoms with Crippen molar-refractivity contribution in [3.63, 3.8) is 0 Å². The number of amides is 1. The van der Waals surface area contributed by atoms with Gasteiger partial charge in [0.1, 0.15) is 5.75 Å². The molecular formula is C24H32N2O4S. The highest BCUT2D eigenvalue weighted by Gasteiger charge is 2.34. The predicted molar refractivity (Wildman–Crippen MR) is 124 cm³/mol. The maximum Gasteiger partial charge on any atom is 0.261 e. The molecule has 1 heterocycles. The Kier molecular flexibility index (Phi) is 7.26. The molecule has 7 heteroatoms. The number of hydrogen-bond donors (Lipinski definition) is 0. The van der Waals surface area contributed by atoms with Crippen molar-refractivity contribution in [3.8, 4) is 5.75 Å². The number of benzene rings is 2. The fourth-order valence-electron chi connectivity index (χ4n) is 3.72. The van der Waals surface area contributed by atoms with Gasteiger partial charge in [-0.3, -0.25) is 4.79 Å². The third-order valence-corrected chi connectivity index (χ3v) is 7.43. The molecule has 168 valence electrons. The van der Waals surface area contributed by atoms with Gasteiger partial charge in [0.05, 0.1) is 11.5 Å². The zero-order chi connectivity index (χ0) is 22.6. The van der Waals surface area contributed by atoms with E-state index >= 15 is 0 Å². The molecule has 31 heavy (non-hydrogen) atoms. The van der Waals surface area contributed by atoms with E-state index in [0.717, 1.165) is 11.3 Å². The maximum absolute atomic E-state index is 13.1. The van der Waals surface area contributed by atoms with Gasteiger partial charge in [-0.1, -0.05) is 38.1 Å². The second-order valence-electron chi connectivity index (χ2n) is 8.65. The molecule has 1 aliphatic rings. The summed E-state index contributed by atoms with van der Waals surface area (Å²) >= 11 is 0. The summed E-state index contributed by atoms with van der Waals surface area (Å²) in [6.07, 6.45) is 0.465. The van der Waals surface area contributed by atoms with Crippen molar-refractivity contribution in [1.29, 1.82) is 0 Å². The van der Waals surface area contributed by atoms with Crippen LogP contribution in [0.4, 0.5) is 5.69 Å². The average Bonchev–Trinajstić information content (AvgIpc) is 3.10. The molecular weight excluding hydrogens is 412 g/mol. The van der Waals surface area contributed by atoms with Gasteiger partial charge in [-0.15, -0.1) is 0 Å². The molecule has 0 radical (unpaired) electrons. The fourth-order valence-corrected chi connectivity index (χ4v) is 5.45. The van der Waals surface area contributed by atoms with Gasteiger partial charge in [0.15, 0.2) is 16.4 Å². The second-order valence-corrected chi connectivity index (χ2v) is 10.9. The third-order valence-electron chi connectivity index (χ3n) is 5.68. The summed E-state index contributed by atoms with van der Waals surface area (Å²) in [5, 5.41) is 0. The van der Waals surface area contributed by atoms with Gasteiger partial charge in [0.25, 0.3) is 5.91 Å². The quantitative estimate of drug-likeness (QED) is 0.624. The first-order chi connectivity index (χ1) is 14.6. The highest BCUT2D eigenvalue weighted by Crippen LogP contribution is 2.23. The molecule has 3 rings (SSSR count). The van der Waals surface area contributed by atoms with Crippen LogP contribution in [0.15, 0.2) is 48.5 Å². The molecule has 0 spiro atoms. The Morgan fingerprint density at radius 3 is 2.23 bits per heavy atom. The van der Waals surface area contributed by atoms with E-state index < -0.39 is 9.84 Å². The number of hydrogen-bond acceptors (Lipinski definition) is 5. The number of rotatable bonds is 8. The minimum atomic E-state index is -3.11. The van der Waals surface area contributed by atoms with Gasteiger partial charge < -0.3 is 14.5 Å². The number of nitrogens with zero attached hydrogens (tertiary/aromatic N) is 2. The highest BCUT2D eigenvalue weighted by molar-refractivity contribution is 7.91. The van der Waals surface area contributed by atoms with Crippen LogP contribution in [0.1, 0.15) is 37.3 Å². The topological polar surface area (TPSA) is 66.9 Å². The normalized spacial score (nSPS) is 17.5. The van der Waals surface area contributed by atoms with Crippen molar-refractivity contribution in [2.45, 2.75) is 38.8 Å². The van der Waals surface area contributed by atoms with Crippen molar-refractivity contribution in [3.05, 3.63) is 59.7 Å². The molecule has 6 nitrogen and oxygen atoms in total. The van der Waals surface area contributed by atoms with Crippen LogP contribution in [0.3, 0.4) is 0 Å². The molecule has 1 saturated heterocycles. The van der Waals surface area contributed by atoms with Crippen LogP contribution in [-0.4, -0.2) is 57.5 Å². The standard InChI is InChI=1S/C24H32N2O4S/c1-18(2)20-7-11-23(12-8-20)30-16-24(27)26(22-13-14-31(28,29)17-22)15-19-5-9-21(10-6-19)25(3)4/h5-12,18,22H,13-17H2,1-4H3. The predicted octanol–water partition coefficient (Wildman–Crippen LogP) is 3.47. The van der Waals surface area contributed by atoms with E-state index in [1.807, 2.05) is 67.5 Å². The van der Waals surface area contributed by atoms with Gasteiger partial charge in [-0.05, 0) is 47.7 Å². The van der Waals surface area contributed by atoms with Gasteiger partial charge in [0.2, 0.25) is 0 Å². The first-order valence-corrected chi connectivity index (χ1v) is 12.5. The summed E-state index contributed by atoms with van der Waals surface area (Å²) in [6, 6.07) is 15.4. The first kappa shape index (κ1) is 23.1. The van der Waals surface area contributed by atoms with Crippen LogP contribution >= 0.6 is 0 Å². The van der Waals surface area contributed by atoms with E-state index in [-0.39, 0.29) is 30.1 Å². The van der Waals surface area contributed by atoms with Crippen molar-refractivity contribution in [2.75, 3.05) is 37.1 Å². The van der Waals surface area contributed by atoms with Gasteiger partial charge in [-0.25, -0.2) is 8.42 Å². The van der Waals surface area contributed by atoms with E-state index in [2.05, 4.69) is 13.8 Å². The summed E-state index contributed by atoms with van der Waals surface area (Å²) in [7, 11) is 0.837. The molecule has 2 aromatic carbocycles. The van der Waals surface area contributed by atoms with Crippen LogP contribution in [0.2, 0.25) is 0 Å². The highest BCUT2D eigenvalue weighted by atomic mass is 32.2. The molecule has 0 N–H and O–H groups in total. The van der Waals surface area contributed by atoms with Crippen molar-refractivity contribution in [2.24, 2.45) is 0 Å². The minimum Gasteiger partial charge on any atom is -0.484 e. The number of carbonyl (C=O) groups is 1. The van der Waals surface area contributed by atoms with E-state index in [1.165, 1.54) is 5.56 Å². The lowest BCUT2D eigenvalue weighted by molar-refractivity contribution is -0.136. The zero-order valence-electron chi connectivity index (χ0n) is 18.7. The lowest BCUT2D eigenvalue weighted by atomic mass is 10.0. The fraction of sp³-hybridized carbons (Fsp3) is 0.458. The number of ether oxygens (including phenoxy) is 1. The maximum atomic E-state index is 13.1. The Hall–Kier alpha value is -2.54. The first-order valence-electron chi connectivity index (χ1n) is 10.6. The van der Waals surface area contributed by atoms with Crippen LogP contribution in [0.5, 0.6) is 5.75 Å². The third kappa shape index (κ3) is 6.23. The van der Waals surface area contributed by atoms with Gasteiger partial charge in [-0.2, -0.15) is 0 Å². The molecule has 1 aliphatic heterocycles. The Bertz CT molecular complexity index is 983. The van der Waals surface area contributed by atoms with Crippen LogP contribution in [-0.2, 0) is 21.2 Å². The molecule has 0 aliphatic carbocycles. The van der Waals surface area contributed by atoms with Crippen molar-refractivity contribution >= 4 is 21.4 Å². The van der Waals surface area contributed by atoms with E-state index in [0.29, 0.717) is 24.6 Å². The van der Waals surface area contributed by atoms with Gasteiger partial charge in [0, 0.05) is 32.4 Å². The Labute approximate surface area is 185 Å². The number of anilines is 1. The van der Waals surface area contributed by atoms with Crippen LogP contribution < -0.4 is 9.64 Å². The van der Waals surface area contributed by atoms with E-state index in [4.69, 9.17) is 4.74 Å². The molecule has 1 amide bonds. The molecule has 0 saturated carbocycles. The SMILES string of the molecule is CC(C)c1ccc(OCC(=O)N(Cc2ccc(N(C)C)cc2)C2CCS(=O)(=O)C2)cc1. The average molecular weight is 445 g/mol. The van der Waals surface area contributed by atoms with Crippen LogP contribution in [0.25, 0.3) is 0 Å². The van der Waals surface area contributed by atoms with E-state index in [9.17, 15) is 13.2 Å². The Morgan fingerprint density at radius 1 is 1.06 bits per heavy atom. The summed E-state index contributed by atoms with van der Waals surface area (Å²) < 4.78 is 29.8. The zero-order valence-corrected chi connectivity index (χ0v) is 19.6. The smallest absolute Gasteiger partial charge is 0.261 e. The minimum absolute atomic E-state index is 0.0115. The largest absolute Gasteiger partial charge is 0.484 e. The summed E-state index contributed by atoms with van der Waals surface area (Å²) in [5.74, 6) is 0.990. The Balaban J connectivity index is 1.71. The van der Waals surface area contributed by atoms with Gasteiger partial charge >= 0.3 is 0 Å². The molecule has 1 unspecified atom stereocenters. The molecule has 1 atom stereocenters. The van der Waals surface area contributed by atoms with Crippen LogP contribution in [0, 0.1) is 0 Å². The molecule has 2 aromatic rings. The number of carbonyl (C=O) groups excluding carboxylic acids is 1. The van der Waals surface area contributed by atoms with Crippen molar-refractivity contribution < 1.29 is 17.9 Å². The number of sulfone groups is 1. The lowest BCUT2D eigenvalue weighted by Gasteiger charge is -2.28. The second kappa shape index (κ2) is 9.73. The molecule has 0 bridgehead atoms. The molecule has 0 aromatic heterocycles. The van der Waals surface area contributed by atoms with E-state index in [1.54, 1.807) is 4.90 Å².